The Morgan fingerprint density at radius 2 is 1.77 bits per heavy atom. The number of rotatable bonds is 8. The van der Waals surface area contributed by atoms with Crippen LogP contribution in [0, 0.1) is 6.92 Å². The van der Waals surface area contributed by atoms with Crippen LogP contribution in [0.15, 0.2) is 47.6 Å². The average molecular weight is 445 g/mol. The second-order valence-electron chi connectivity index (χ2n) is 6.86. The number of alkyl halides is 2. The second-order valence-corrected chi connectivity index (χ2v) is 7.62. The maximum Gasteiger partial charge on any atom is 0.231 e. The molecule has 6 nitrogen and oxygen atoms in total. The summed E-state index contributed by atoms with van der Waals surface area (Å²) >= 11 is 11.8. The highest BCUT2D eigenvalue weighted by molar-refractivity contribution is 6.18. The van der Waals surface area contributed by atoms with Crippen molar-refractivity contribution in [3.05, 3.63) is 53.7 Å². The van der Waals surface area contributed by atoms with Gasteiger partial charge in [0.15, 0.2) is 11.5 Å². The zero-order valence-corrected chi connectivity index (χ0v) is 18.1. The fourth-order valence-corrected chi connectivity index (χ4v) is 3.77. The number of pyridine rings is 1. The van der Waals surface area contributed by atoms with Crippen molar-refractivity contribution in [2.45, 2.75) is 6.92 Å². The molecule has 1 aromatic heterocycles. The van der Waals surface area contributed by atoms with Crippen molar-refractivity contribution in [1.82, 2.24) is 4.98 Å². The maximum atomic E-state index is 5.89. The Bertz CT molecular complexity index is 1050. The second kappa shape index (κ2) is 9.41. The van der Waals surface area contributed by atoms with Gasteiger partial charge in [-0.3, -0.25) is 10.4 Å². The van der Waals surface area contributed by atoms with E-state index >= 15 is 0 Å². The van der Waals surface area contributed by atoms with E-state index in [2.05, 4.69) is 20.4 Å². The number of aryl methyl sites for hydroxylation is 1. The summed E-state index contributed by atoms with van der Waals surface area (Å²) in [5.74, 6) is 2.55. The van der Waals surface area contributed by atoms with Crippen molar-refractivity contribution in [2.75, 3.05) is 42.0 Å². The molecule has 0 saturated carbocycles. The fraction of sp³-hybridized carbons (Fsp3) is 0.273. The molecule has 0 unspecified atom stereocenters. The summed E-state index contributed by atoms with van der Waals surface area (Å²) in [6.45, 7) is 3.70. The number of hydrazone groups is 1. The number of hydrogen-bond donors (Lipinski definition) is 1. The van der Waals surface area contributed by atoms with Crippen LogP contribution in [0.3, 0.4) is 0 Å². The Morgan fingerprint density at radius 3 is 2.47 bits per heavy atom. The summed E-state index contributed by atoms with van der Waals surface area (Å²) in [5, 5.41) is 5.34. The highest BCUT2D eigenvalue weighted by Gasteiger charge is 2.16. The SMILES string of the molecule is Cc1cc(NN=Cc2ccc(N(CCCl)CCCl)cc2)c2cc3c(cc2n1)OCO3. The van der Waals surface area contributed by atoms with Crippen LogP contribution in [0.25, 0.3) is 10.9 Å². The molecule has 0 saturated heterocycles. The smallest absolute Gasteiger partial charge is 0.231 e. The van der Waals surface area contributed by atoms with Crippen LogP contribution >= 0.6 is 23.2 Å². The minimum atomic E-state index is 0.231. The molecule has 0 amide bonds. The molecule has 0 spiro atoms. The van der Waals surface area contributed by atoms with Crippen LogP contribution in [-0.4, -0.2) is 42.8 Å². The van der Waals surface area contributed by atoms with Gasteiger partial charge in [-0.05, 0) is 36.8 Å². The highest BCUT2D eigenvalue weighted by atomic mass is 35.5. The van der Waals surface area contributed by atoms with E-state index in [1.54, 1.807) is 6.21 Å². The number of aromatic nitrogens is 1. The summed E-state index contributed by atoms with van der Waals surface area (Å²) in [5.41, 5.74) is 7.79. The lowest BCUT2D eigenvalue weighted by atomic mass is 10.1. The molecule has 0 bridgehead atoms. The summed E-state index contributed by atoms with van der Waals surface area (Å²) < 4.78 is 10.9. The molecule has 1 N–H and O–H groups in total. The van der Waals surface area contributed by atoms with E-state index in [1.165, 1.54) is 0 Å². The third-order valence-electron chi connectivity index (χ3n) is 4.80. The molecule has 8 heteroatoms. The maximum absolute atomic E-state index is 5.89. The lowest BCUT2D eigenvalue weighted by Gasteiger charge is -2.22. The monoisotopic (exact) mass is 444 g/mol. The third kappa shape index (κ3) is 4.55. The van der Waals surface area contributed by atoms with E-state index in [0.717, 1.165) is 46.6 Å². The van der Waals surface area contributed by atoms with Crippen molar-refractivity contribution < 1.29 is 9.47 Å². The normalized spacial score (nSPS) is 12.6. The van der Waals surface area contributed by atoms with Crippen molar-refractivity contribution in [3.8, 4) is 11.5 Å². The van der Waals surface area contributed by atoms with Gasteiger partial charge < -0.3 is 14.4 Å². The van der Waals surface area contributed by atoms with Crippen LogP contribution < -0.4 is 19.8 Å². The average Bonchev–Trinajstić information content (AvgIpc) is 3.20. The van der Waals surface area contributed by atoms with Crippen LogP contribution in [-0.2, 0) is 0 Å². The van der Waals surface area contributed by atoms with Crippen LogP contribution in [0.4, 0.5) is 11.4 Å². The third-order valence-corrected chi connectivity index (χ3v) is 5.13. The van der Waals surface area contributed by atoms with Gasteiger partial charge in [0.05, 0.1) is 17.4 Å². The first-order chi connectivity index (χ1) is 14.7. The molecule has 0 radical (unpaired) electrons. The van der Waals surface area contributed by atoms with Gasteiger partial charge in [-0.15, -0.1) is 23.2 Å². The molecule has 156 valence electrons. The molecule has 2 aromatic carbocycles. The van der Waals surface area contributed by atoms with E-state index in [1.807, 2.05) is 49.4 Å². The number of nitrogens with zero attached hydrogens (tertiary/aromatic N) is 3. The number of ether oxygens (including phenoxy) is 2. The van der Waals surface area contributed by atoms with Crippen molar-refractivity contribution in [2.24, 2.45) is 5.10 Å². The van der Waals surface area contributed by atoms with E-state index < -0.39 is 0 Å². The van der Waals surface area contributed by atoms with Gasteiger partial charge in [-0.1, -0.05) is 12.1 Å². The van der Waals surface area contributed by atoms with Crippen LogP contribution in [0.1, 0.15) is 11.3 Å². The van der Waals surface area contributed by atoms with Gasteiger partial charge in [0.2, 0.25) is 6.79 Å². The van der Waals surface area contributed by atoms with Crippen LogP contribution in [0.5, 0.6) is 11.5 Å². The number of benzene rings is 2. The summed E-state index contributed by atoms with van der Waals surface area (Å²) in [7, 11) is 0. The Kier molecular flexibility index (Phi) is 6.45. The van der Waals surface area contributed by atoms with E-state index in [0.29, 0.717) is 23.3 Å². The minimum absolute atomic E-state index is 0.231. The van der Waals surface area contributed by atoms with Crippen LogP contribution in [0.2, 0.25) is 0 Å². The molecular formula is C22H22Cl2N4O2. The molecule has 3 aromatic rings. The van der Waals surface area contributed by atoms with Gasteiger partial charge in [0.1, 0.15) is 0 Å². The number of halogens is 2. The number of fused-ring (bicyclic) bond motifs is 2. The van der Waals surface area contributed by atoms with Gasteiger partial charge >= 0.3 is 0 Å². The van der Waals surface area contributed by atoms with Crippen molar-refractivity contribution in [3.63, 3.8) is 0 Å². The minimum Gasteiger partial charge on any atom is -0.454 e. The zero-order chi connectivity index (χ0) is 20.9. The molecule has 0 fully saturated rings. The van der Waals surface area contributed by atoms with Gasteiger partial charge in [-0.2, -0.15) is 5.10 Å². The summed E-state index contributed by atoms with van der Waals surface area (Å²) in [4.78, 5) is 6.75. The first kappa shape index (κ1) is 20.6. The van der Waals surface area contributed by atoms with E-state index in [9.17, 15) is 0 Å². The molecule has 30 heavy (non-hydrogen) atoms. The predicted molar refractivity (Wildman–Crippen MR) is 124 cm³/mol. The van der Waals surface area contributed by atoms with Gasteiger partial charge in [-0.25, -0.2) is 0 Å². The molecule has 0 aliphatic carbocycles. The van der Waals surface area contributed by atoms with E-state index in [-0.39, 0.29) is 6.79 Å². The highest BCUT2D eigenvalue weighted by Crippen LogP contribution is 2.38. The molecule has 1 aliphatic rings. The standard InChI is InChI=1S/C22H22Cl2N4O2/c1-15-10-20(18-11-21-22(30-14-29-21)12-19(18)26-15)27-25-13-16-2-4-17(5-3-16)28(8-6-23)9-7-24/h2-5,10-13H,6-9,14H2,1H3,(H,26,27). The molecule has 4 rings (SSSR count). The van der Waals surface area contributed by atoms with Gasteiger partial charge in [0, 0.05) is 47.7 Å². The Hall–Kier alpha value is -2.70. The Balaban J connectivity index is 1.51. The molecule has 1 aliphatic heterocycles. The summed E-state index contributed by atoms with van der Waals surface area (Å²) in [6.07, 6.45) is 1.78. The lowest BCUT2D eigenvalue weighted by molar-refractivity contribution is 0.174. The topological polar surface area (TPSA) is 59.0 Å². The number of anilines is 2. The molecule has 0 atom stereocenters. The first-order valence-electron chi connectivity index (χ1n) is 9.65. The Labute approximate surface area is 185 Å². The largest absolute Gasteiger partial charge is 0.454 e. The lowest BCUT2D eigenvalue weighted by Crippen LogP contribution is -2.27. The number of hydrogen-bond acceptors (Lipinski definition) is 6. The molecular weight excluding hydrogens is 423 g/mol. The molecule has 2 heterocycles. The quantitative estimate of drug-likeness (QED) is 0.300. The van der Waals surface area contributed by atoms with Gasteiger partial charge in [0.25, 0.3) is 0 Å². The summed E-state index contributed by atoms with van der Waals surface area (Å²) in [6, 6.07) is 13.9. The first-order valence-corrected chi connectivity index (χ1v) is 10.7. The van der Waals surface area contributed by atoms with E-state index in [4.69, 9.17) is 32.7 Å². The Morgan fingerprint density at radius 1 is 1.07 bits per heavy atom. The van der Waals surface area contributed by atoms with Crippen molar-refractivity contribution in [1.29, 1.82) is 0 Å². The zero-order valence-electron chi connectivity index (χ0n) is 16.6. The number of nitrogens with one attached hydrogen (secondary N) is 1. The van der Waals surface area contributed by atoms with Crippen molar-refractivity contribution >= 4 is 51.7 Å². The fourth-order valence-electron chi connectivity index (χ4n) is 3.36. The predicted octanol–water partition coefficient (Wildman–Crippen LogP) is 5.00.